The lowest BCUT2D eigenvalue weighted by Gasteiger charge is -2.04. The summed E-state index contributed by atoms with van der Waals surface area (Å²) in [6, 6.07) is 3.94. The van der Waals surface area contributed by atoms with Gasteiger partial charge in [0, 0.05) is 18.0 Å². The first-order chi connectivity index (χ1) is 6.83. The van der Waals surface area contributed by atoms with Crippen LogP contribution >= 0.6 is 23.7 Å². The van der Waals surface area contributed by atoms with Gasteiger partial charge in [0.05, 0.1) is 6.42 Å². The van der Waals surface area contributed by atoms with Crippen LogP contribution in [0.5, 0.6) is 0 Å². The van der Waals surface area contributed by atoms with E-state index in [1.165, 1.54) is 0 Å². The van der Waals surface area contributed by atoms with Gasteiger partial charge in [-0.05, 0) is 18.0 Å². The summed E-state index contributed by atoms with van der Waals surface area (Å²) in [4.78, 5) is 12.5. The third kappa shape index (κ3) is 6.49. The molecule has 86 valence electrons. The molecule has 1 amide bonds. The maximum absolute atomic E-state index is 11.3. The van der Waals surface area contributed by atoms with E-state index >= 15 is 0 Å². The van der Waals surface area contributed by atoms with Gasteiger partial charge in [-0.15, -0.1) is 23.7 Å². The number of thiophene rings is 1. The quantitative estimate of drug-likeness (QED) is 0.748. The van der Waals surface area contributed by atoms with Gasteiger partial charge in [0.2, 0.25) is 5.91 Å². The van der Waals surface area contributed by atoms with E-state index in [0.29, 0.717) is 13.0 Å². The average molecular weight is 249 g/mol. The van der Waals surface area contributed by atoms with Crippen molar-refractivity contribution in [1.29, 1.82) is 0 Å². The lowest BCUT2D eigenvalue weighted by atomic mass is 10.3. The van der Waals surface area contributed by atoms with Crippen LogP contribution in [-0.4, -0.2) is 25.5 Å². The second kappa shape index (κ2) is 8.71. The van der Waals surface area contributed by atoms with E-state index in [1.54, 1.807) is 11.3 Å². The van der Waals surface area contributed by atoms with E-state index in [-0.39, 0.29) is 18.3 Å². The van der Waals surface area contributed by atoms with Crippen molar-refractivity contribution in [3.63, 3.8) is 0 Å². The molecule has 0 aliphatic rings. The van der Waals surface area contributed by atoms with Crippen LogP contribution in [-0.2, 0) is 11.2 Å². The number of likely N-dealkylation sites (N-methyl/N-ethyl adjacent to an activating group) is 1. The molecule has 2 N–H and O–H groups in total. The fourth-order valence-corrected chi connectivity index (χ4v) is 1.80. The van der Waals surface area contributed by atoms with Crippen LogP contribution in [0.25, 0.3) is 0 Å². The molecule has 3 nitrogen and oxygen atoms in total. The summed E-state index contributed by atoms with van der Waals surface area (Å²) >= 11 is 1.62. The van der Waals surface area contributed by atoms with Crippen molar-refractivity contribution >= 4 is 29.7 Å². The minimum Gasteiger partial charge on any atom is -0.355 e. The molecular weight excluding hydrogens is 232 g/mol. The van der Waals surface area contributed by atoms with E-state index < -0.39 is 0 Å². The SMILES string of the molecule is CCNCCNC(=O)Cc1cccs1.Cl. The Morgan fingerprint density at radius 3 is 2.87 bits per heavy atom. The molecule has 0 spiro atoms. The molecule has 0 bridgehead atoms. The second-order valence-corrected chi connectivity index (χ2v) is 3.99. The lowest BCUT2D eigenvalue weighted by molar-refractivity contribution is -0.120. The minimum absolute atomic E-state index is 0. The number of amides is 1. The summed E-state index contributed by atoms with van der Waals surface area (Å²) < 4.78 is 0. The maximum atomic E-state index is 11.3. The highest BCUT2D eigenvalue weighted by atomic mass is 35.5. The largest absolute Gasteiger partial charge is 0.355 e. The zero-order valence-electron chi connectivity index (χ0n) is 8.79. The van der Waals surface area contributed by atoms with Gasteiger partial charge >= 0.3 is 0 Å². The number of nitrogens with one attached hydrogen (secondary N) is 2. The molecule has 0 radical (unpaired) electrons. The van der Waals surface area contributed by atoms with Gasteiger partial charge in [-0.1, -0.05) is 13.0 Å². The van der Waals surface area contributed by atoms with Crippen LogP contribution in [0.15, 0.2) is 17.5 Å². The Balaban J connectivity index is 0.00000196. The summed E-state index contributed by atoms with van der Waals surface area (Å²) in [6.07, 6.45) is 0.504. The Morgan fingerprint density at radius 1 is 1.47 bits per heavy atom. The van der Waals surface area contributed by atoms with Gasteiger partial charge in [-0.3, -0.25) is 4.79 Å². The number of carbonyl (C=O) groups excluding carboxylic acids is 1. The highest BCUT2D eigenvalue weighted by Gasteiger charge is 2.02. The van der Waals surface area contributed by atoms with E-state index in [2.05, 4.69) is 10.6 Å². The molecule has 1 aromatic heterocycles. The molecule has 0 unspecified atom stereocenters. The third-order valence-corrected chi connectivity index (χ3v) is 2.67. The molecule has 1 aromatic rings. The Labute approximate surface area is 101 Å². The fourth-order valence-electron chi connectivity index (χ4n) is 1.10. The van der Waals surface area contributed by atoms with E-state index in [0.717, 1.165) is 18.0 Å². The number of halogens is 1. The Kier molecular flexibility index (Phi) is 8.37. The predicted molar refractivity (Wildman–Crippen MR) is 66.8 cm³/mol. The van der Waals surface area contributed by atoms with Crippen LogP contribution in [0.4, 0.5) is 0 Å². The number of carbonyl (C=O) groups is 1. The number of hydrogen-bond donors (Lipinski definition) is 2. The molecule has 0 aromatic carbocycles. The first-order valence-corrected chi connectivity index (χ1v) is 5.70. The molecule has 1 rings (SSSR count). The monoisotopic (exact) mass is 248 g/mol. The molecule has 0 fully saturated rings. The zero-order valence-corrected chi connectivity index (χ0v) is 10.4. The first kappa shape index (κ1) is 14.4. The standard InChI is InChI=1S/C10H16N2OS.ClH/c1-2-11-5-6-12-10(13)8-9-4-3-7-14-9;/h3-4,7,11H,2,5-6,8H2,1H3,(H,12,13);1H. The van der Waals surface area contributed by atoms with Crippen molar-refractivity contribution in [2.24, 2.45) is 0 Å². The topological polar surface area (TPSA) is 41.1 Å². The Hall–Kier alpha value is -0.580. The summed E-state index contributed by atoms with van der Waals surface area (Å²) in [5.41, 5.74) is 0. The highest BCUT2D eigenvalue weighted by Crippen LogP contribution is 2.08. The van der Waals surface area contributed by atoms with E-state index in [1.807, 2.05) is 24.4 Å². The number of rotatable bonds is 6. The van der Waals surface area contributed by atoms with Gasteiger partial charge in [-0.25, -0.2) is 0 Å². The molecule has 15 heavy (non-hydrogen) atoms. The van der Waals surface area contributed by atoms with Gasteiger partial charge in [0.25, 0.3) is 0 Å². The lowest BCUT2D eigenvalue weighted by Crippen LogP contribution is -2.32. The maximum Gasteiger partial charge on any atom is 0.225 e. The van der Waals surface area contributed by atoms with Crippen LogP contribution in [0.2, 0.25) is 0 Å². The average Bonchev–Trinajstić information content (AvgIpc) is 2.65. The molecule has 0 aliphatic heterocycles. The van der Waals surface area contributed by atoms with Crippen molar-refractivity contribution in [3.8, 4) is 0 Å². The number of hydrogen-bond acceptors (Lipinski definition) is 3. The zero-order chi connectivity index (χ0) is 10.2. The fraction of sp³-hybridized carbons (Fsp3) is 0.500. The van der Waals surface area contributed by atoms with Crippen molar-refractivity contribution in [2.75, 3.05) is 19.6 Å². The van der Waals surface area contributed by atoms with Gasteiger partial charge in [-0.2, -0.15) is 0 Å². The first-order valence-electron chi connectivity index (χ1n) is 4.82. The van der Waals surface area contributed by atoms with E-state index in [4.69, 9.17) is 0 Å². The minimum atomic E-state index is 0. The van der Waals surface area contributed by atoms with Gasteiger partial charge in [0.15, 0.2) is 0 Å². The molecule has 1 heterocycles. The van der Waals surface area contributed by atoms with Crippen molar-refractivity contribution in [3.05, 3.63) is 22.4 Å². The Bertz CT molecular complexity index is 264. The Morgan fingerprint density at radius 2 is 2.27 bits per heavy atom. The normalized spacial score (nSPS) is 9.40. The summed E-state index contributed by atoms with van der Waals surface area (Å²) in [5.74, 6) is 0.102. The predicted octanol–water partition coefficient (Wildman–Crippen LogP) is 1.44. The van der Waals surface area contributed by atoms with Crippen molar-refractivity contribution in [2.45, 2.75) is 13.3 Å². The van der Waals surface area contributed by atoms with E-state index in [9.17, 15) is 4.79 Å². The van der Waals surface area contributed by atoms with Crippen LogP contribution in [0.1, 0.15) is 11.8 Å². The second-order valence-electron chi connectivity index (χ2n) is 2.96. The molecule has 5 heteroatoms. The van der Waals surface area contributed by atoms with Crippen LogP contribution in [0.3, 0.4) is 0 Å². The molecule has 0 aliphatic carbocycles. The molecular formula is C10H17ClN2OS. The van der Waals surface area contributed by atoms with Gasteiger partial charge < -0.3 is 10.6 Å². The third-order valence-electron chi connectivity index (χ3n) is 1.79. The van der Waals surface area contributed by atoms with Crippen molar-refractivity contribution in [1.82, 2.24) is 10.6 Å². The summed E-state index contributed by atoms with van der Waals surface area (Å²) in [7, 11) is 0. The molecule has 0 saturated carbocycles. The van der Waals surface area contributed by atoms with Crippen LogP contribution < -0.4 is 10.6 Å². The van der Waals surface area contributed by atoms with Gasteiger partial charge in [0.1, 0.15) is 0 Å². The summed E-state index contributed by atoms with van der Waals surface area (Å²) in [5, 5.41) is 8.00. The summed E-state index contributed by atoms with van der Waals surface area (Å²) in [6.45, 7) is 4.54. The molecule has 0 saturated heterocycles. The van der Waals surface area contributed by atoms with Crippen LogP contribution in [0, 0.1) is 0 Å². The smallest absolute Gasteiger partial charge is 0.225 e. The highest BCUT2D eigenvalue weighted by molar-refractivity contribution is 7.10. The van der Waals surface area contributed by atoms with Crippen molar-refractivity contribution < 1.29 is 4.79 Å². The molecule has 0 atom stereocenters.